The van der Waals surface area contributed by atoms with Gasteiger partial charge in [0.1, 0.15) is 0 Å². The van der Waals surface area contributed by atoms with Gasteiger partial charge in [-0.3, -0.25) is 4.79 Å². The second kappa shape index (κ2) is 4.00. The molecule has 0 N–H and O–H groups in total. The Morgan fingerprint density at radius 3 is 3.07 bits per heavy atom. The molecular formula is C10H15N3O2. The SMILES string of the molecule is COC(=O)[C@@H]1CCc2c(C)nnn2CC1. The summed E-state index contributed by atoms with van der Waals surface area (Å²) in [6.07, 6.45) is 2.49. The van der Waals surface area contributed by atoms with Crippen LogP contribution in [0.1, 0.15) is 24.2 Å². The Labute approximate surface area is 88.4 Å². The van der Waals surface area contributed by atoms with Crippen LogP contribution < -0.4 is 0 Å². The van der Waals surface area contributed by atoms with Crippen LogP contribution in [-0.2, 0) is 22.5 Å². The lowest BCUT2D eigenvalue weighted by Gasteiger charge is -2.09. The van der Waals surface area contributed by atoms with Crippen LogP contribution in [0.5, 0.6) is 0 Å². The number of aryl methyl sites for hydroxylation is 2. The van der Waals surface area contributed by atoms with Crippen LogP contribution in [0.15, 0.2) is 0 Å². The number of aromatic nitrogens is 3. The molecule has 0 fully saturated rings. The highest BCUT2D eigenvalue weighted by Gasteiger charge is 2.24. The van der Waals surface area contributed by atoms with Crippen molar-refractivity contribution in [2.45, 2.75) is 32.7 Å². The van der Waals surface area contributed by atoms with Gasteiger partial charge in [0.15, 0.2) is 0 Å². The lowest BCUT2D eigenvalue weighted by molar-refractivity contribution is -0.145. The third kappa shape index (κ3) is 1.86. The molecule has 2 rings (SSSR count). The van der Waals surface area contributed by atoms with Crippen LogP contribution in [0, 0.1) is 12.8 Å². The van der Waals surface area contributed by atoms with Crippen molar-refractivity contribution in [3.63, 3.8) is 0 Å². The molecule has 0 spiro atoms. The summed E-state index contributed by atoms with van der Waals surface area (Å²) in [5, 5.41) is 8.08. The van der Waals surface area contributed by atoms with E-state index in [1.54, 1.807) is 0 Å². The van der Waals surface area contributed by atoms with Crippen LogP contribution in [-0.4, -0.2) is 28.1 Å². The molecule has 0 aliphatic carbocycles. The van der Waals surface area contributed by atoms with Gasteiger partial charge in [0, 0.05) is 6.54 Å². The van der Waals surface area contributed by atoms with Crippen molar-refractivity contribution in [1.29, 1.82) is 0 Å². The van der Waals surface area contributed by atoms with Gasteiger partial charge in [0.25, 0.3) is 0 Å². The zero-order valence-corrected chi connectivity index (χ0v) is 9.06. The molecule has 2 heterocycles. The van der Waals surface area contributed by atoms with Crippen LogP contribution >= 0.6 is 0 Å². The van der Waals surface area contributed by atoms with E-state index in [0.29, 0.717) is 0 Å². The maximum atomic E-state index is 11.4. The average molecular weight is 209 g/mol. The van der Waals surface area contributed by atoms with Crippen molar-refractivity contribution >= 4 is 5.97 Å². The Bertz CT molecular complexity index is 373. The predicted octanol–water partition coefficient (Wildman–Crippen LogP) is 0.712. The molecule has 0 radical (unpaired) electrons. The summed E-state index contributed by atoms with van der Waals surface area (Å²) in [7, 11) is 1.44. The maximum absolute atomic E-state index is 11.4. The first-order valence-corrected chi connectivity index (χ1v) is 5.19. The summed E-state index contributed by atoms with van der Waals surface area (Å²) < 4.78 is 6.67. The molecule has 1 aromatic heterocycles. The molecule has 5 heteroatoms. The van der Waals surface area contributed by atoms with Crippen molar-refractivity contribution < 1.29 is 9.53 Å². The molecule has 0 saturated carbocycles. The molecule has 15 heavy (non-hydrogen) atoms. The molecule has 1 aliphatic rings. The minimum atomic E-state index is -0.105. The molecule has 0 saturated heterocycles. The number of hydrogen-bond acceptors (Lipinski definition) is 4. The Kier molecular flexibility index (Phi) is 2.70. The number of carbonyl (C=O) groups excluding carboxylic acids is 1. The smallest absolute Gasteiger partial charge is 0.308 e. The van der Waals surface area contributed by atoms with Gasteiger partial charge >= 0.3 is 5.97 Å². The van der Waals surface area contributed by atoms with E-state index in [2.05, 4.69) is 10.3 Å². The van der Waals surface area contributed by atoms with E-state index in [9.17, 15) is 4.79 Å². The molecule has 1 aromatic rings. The van der Waals surface area contributed by atoms with E-state index in [4.69, 9.17) is 4.74 Å². The van der Waals surface area contributed by atoms with Gasteiger partial charge in [0.2, 0.25) is 0 Å². The second-order valence-corrected chi connectivity index (χ2v) is 3.89. The third-order valence-electron chi connectivity index (χ3n) is 2.99. The third-order valence-corrected chi connectivity index (χ3v) is 2.99. The van der Waals surface area contributed by atoms with Gasteiger partial charge in [-0.05, 0) is 26.2 Å². The molecule has 1 aliphatic heterocycles. The van der Waals surface area contributed by atoms with Crippen LogP contribution in [0.4, 0.5) is 0 Å². The zero-order valence-electron chi connectivity index (χ0n) is 9.06. The molecule has 0 aromatic carbocycles. The summed E-state index contributed by atoms with van der Waals surface area (Å²) >= 11 is 0. The molecule has 0 unspecified atom stereocenters. The molecule has 82 valence electrons. The van der Waals surface area contributed by atoms with Crippen LogP contribution in [0.3, 0.4) is 0 Å². The van der Waals surface area contributed by atoms with E-state index in [-0.39, 0.29) is 11.9 Å². The maximum Gasteiger partial charge on any atom is 0.308 e. The van der Waals surface area contributed by atoms with Crippen molar-refractivity contribution in [3.05, 3.63) is 11.4 Å². The number of ether oxygens (including phenoxy) is 1. The van der Waals surface area contributed by atoms with Gasteiger partial charge in [0.05, 0.1) is 24.4 Å². The number of hydrogen-bond donors (Lipinski definition) is 0. The van der Waals surface area contributed by atoms with Crippen LogP contribution in [0.25, 0.3) is 0 Å². The highest BCUT2D eigenvalue weighted by Crippen LogP contribution is 2.21. The number of rotatable bonds is 1. The normalized spacial score (nSPS) is 20.5. The fourth-order valence-corrected chi connectivity index (χ4v) is 2.04. The first kappa shape index (κ1) is 10.1. The summed E-state index contributed by atoms with van der Waals surface area (Å²) in [5.74, 6) is -0.0949. The summed E-state index contributed by atoms with van der Waals surface area (Å²) in [5.41, 5.74) is 2.13. The summed E-state index contributed by atoms with van der Waals surface area (Å²) in [6.45, 7) is 2.72. The largest absolute Gasteiger partial charge is 0.469 e. The second-order valence-electron chi connectivity index (χ2n) is 3.89. The van der Waals surface area contributed by atoms with Crippen molar-refractivity contribution in [2.24, 2.45) is 5.92 Å². The molecule has 1 atom stereocenters. The standard InChI is InChI=1S/C10H15N3O2/c1-7-9-4-3-8(10(14)15-2)5-6-13(9)12-11-7/h8H,3-6H2,1-2H3/t8-/m1/s1. The van der Waals surface area contributed by atoms with Gasteiger partial charge in [-0.15, -0.1) is 5.10 Å². The summed E-state index contributed by atoms with van der Waals surface area (Å²) in [4.78, 5) is 11.4. The monoisotopic (exact) mass is 209 g/mol. The van der Waals surface area contributed by atoms with Gasteiger partial charge in [-0.1, -0.05) is 5.21 Å². The lowest BCUT2D eigenvalue weighted by Crippen LogP contribution is -2.16. The molecule has 5 nitrogen and oxygen atoms in total. The minimum Gasteiger partial charge on any atom is -0.469 e. The number of esters is 1. The summed E-state index contributed by atoms with van der Waals surface area (Å²) in [6, 6.07) is 0. The number of methoxy groups -OCH3 is 1. The number of fused-ring (bicyclic) bond motifs is 1. The fourth-order valence-electron chi connectivity index (χ4n) is 2.04. The Morgan fingerprint density at radius 2 is 2.33 bits per heavy atom. The average Bonchev–Trinajstić information content (AvgIpc) is 2.50. The number of carbonyl (C=O) groups is 1. The van der Waals surface area contributed by atoms with E-state index >= 15 is 0 Å². The Hall–Kier alpha value is -1.39. The van der Waals surface area contributed by atoms with Gasteiger partial charge < -0.3 is 4.74 Å². The lowest BCUT2D eigenvalue weighted by atomic mass is 10.00. The Morgan fingerprint density at radius 1 is 1.53 bits per heavy atom. The van der Waals surface area contributed by atoms with Gasteiger partial charge in [-0.25, -0.2) is 4.68 Å². The van der Waals surface area contributed by atoms with Crippen molar-refractivity contribution in [1.82, 2.24) is 15.0 Å². The molecular weight excluding hydrogens is 194 g/mol. The highest BCUT2D eigenvalue weighted by molar-refractivity contribution is 5.72. The first-order valence-electron chi connectivity index (χ1n) is 5.19. The van der Waals surface area contributed by atoms with Crippen molar-refractivity contribution in [3.8, 4) is 0 Å². The van der Waals surface area contributed by atoms with E-state index in [0.717, 1.165) is 37.2 Å². The zero-order chi connectivity index (χ0) is 10.8. The van der Waals surface area contributed by atoms with E-state index in [1.165, 1.54) is 7.11 Å². The highest BCUT2D eigenvalue weighted by atomic mass is 16.5. The molecule has 0 bridgehead atoms. The van der Waals surface area contributed by atoms with Crippen LogP contribution in [0.2, 0.25) is 0 Å². The van der Waals surface area contributed by atoms with Crippen molar-refractivity contribution in [2.75, 3.05) is 7.11 Å². The first-order chi connectivity index (χ1) is 7.22. The minimum absolute atomic E-state index is 0.0103. The molecule has 0 amide bonds. The quantitative estimate of drug-likeness (QED) is 0.639. The predicted molar refractivity (Wildman–Crippen MR) is 53.2 cm³/mol. The fraction of sp³-hybridized carbons (Fsp3) is 0.700. The number of nitrogens with zero attached hydrogens (tertiary/aromatic N) is 3. The van der Waals surface area contributed by atoms with E-state index in [1.807, 2.05) is 11.6 Å². The van der Waals surface area contributed by atoms with Gasteiger partial charge in [-0.2, -0.15) is 0 Å². The van der Waals surface area contributed by atoms with E-state index < -0.39 is 0 Å². The topological polar surface area (TPSA) is 57.0 Å². The Balaban J connectivity index is 2.12.